The highest BCUT2D eigenvalue weighted by atomic mass is 35.5. The maximum absolute atomic E-state index is 13.2. The largest absolute Gasteiger partial charge is 0.462 e. The summed E-state index contributed by atoms with van der Waals surface area (Å²) in [7, 11) is 0. The third kappa shape index (κ3) is 2.60. The van der Waals surface area contributed by atoms with E-state index in [1.54, 1.807) is 6.92 Å². The van der Waals surface area contributed by atoms with Gasteiger partial charge < -0.3 is 4.74 Å². The van der Waals surface area contributed by atoms with E-state index < -0.39 is 11.1 Å². The van der Waals surface area contributed by atoms with E-state index in [0.29, 0.717) is 11.3 Å². The number of nitrogens with zero attached hydrogens (tertiary/aromatic N) is 1. The molecule has 0 saturated carbocycles. The lowest BCUT2D eigenvalue weighted by molar-refractivity contribution is 0.0532. The van der Waals surface area contributed by atoms with Gasteiger partial charge in [0.1, 0.15) is 10.6 Å². The molecule has 0 aliphatic heterocycles. The molecule has 7 heteroatoms. The molecule has 1 aromatic heterocycles. The van der Waals surface area contributed by atoms with Gasteiger partial charge in [0, 0.05) is 0 Å². The minimum Gasteiger partial charge on any atom is -0.462 e. The summed E-state index contributed by atoms with van der Waals surface area (Å²) in [4.78, 5) is 14.7. The quantitative estimate of drug-likeness (QED) is 0.477. The fourth-order valence-electron chi connectivity index (χ4n) is 0.843. The van der Waals surface area contributed by atoms with Gasteiger partial charge in [-0.3, -0.25) is 0 Å². The normalized spacial score (nSPS) is 9.53. The van der Waals surface area contributed by atoms with Gasteiger partial charge in [0.15, 0.2) is 0 Å². The number of hydrogen-bond acceptors (Lipinski definition) is 5. The second-order valence-electron chi connectivity index (χ2n) is 2.29. The maximum Gasteiger partial charge on any atom is 0.350 e. The molecular weight excluding hydrogens is 261 g/mol. The number of isothiocyanates is 1. The molecule has 80 valence electrons. The Labute approximate surface area is 99.5 Å². The third-order valence-electron chi connectivity index (χ3n) is 1.40. The molecule has 0 aromatic carbocycles. The summed E-state index contributed by atoms with van der Waals surface area (Å²) in [6, 6.07) is 0. The standard InChI is InChI=1S/C8H5ClFNO2S2/c1-2-13-8(12)6-4(9)5(11-3-14)7(10)15-6/h2H2,1H3. The SMILES string of the molecule is CCOC(=O)c1sc(F)c(N=C=S)c1Cl. The van der Waals surface area contributed by atoms with Crippen LogP contribution in [0.3, 0.4) is 0 Å². The number of rotatable bonds is 3. The third-order valence-corrected chi connectivity index (χ3v) is 2.92. The van der Waals surface area contributed by atoms with Crippen LogP contribution >= 0.6 is 35.2 Å². The van der Waals surface area contributed by atoms with Crippen LogP contribution in [0.1, 0.15) is 16.6 Å². The molecule has 0 spiro atoms. The van der Waals surface area contributed by atoms with E-state index in [4.69, 9.17) is 11.6 Å². The first-order valence-electron chi connectivity index (χ1n) is 3.84. The number of aliphatic imine (C=N–C) groups is 1. The van der Waals surface area contributed by atoms with Crippen LogP contribution in [0.5, 0.6) is 0 Å². The van der Waals surface area contributed by atoms with Crippen LogP contribution in [-0.2, 0) is 4.74 Å². The van der Waals surface area contributed by atoms with Gasteiger partial charge in [0.05, 0.1) is 16.8 Å². The Hall–Kier alpha value is -0.810. The topological polar surface area (TPSA) is 38.7 Å². The first kappa shape index (κ1) is 12.3. The molecule has 0 aliphatic carbocycles. The highest BCUT2D eigenvalue weighted by molar-refractivity contribution is 7.78. The van der Waals surface area contributed by atoms with E-state index in [1.165, 1.54) is 0 Å². The molecule has 0 radical (unpaired) electrons. The number of ether oxygens (including phenoxy) is 1. The first-order chi connectivity index (χ1) is 7.11. The lowest BCUT2D eigenvalue weighted by Gasteiger charge is -1.97. The van der Waals surface area contributed by atoms with Gasteiger partial charge in [0.2, 0.25) is 5.13 Å². The summed E-state index contributed by atoms with van der Waals surface area (Å²) in [6.07, 6.45) is 0. The Morgan fingerprint density at radius 1 is 1.80 bits per heavy atom. The molecule has 1 heterocycles. The molecule has 0 amide bonds. The minimum atomic E-state index is -0.680. The Balaban J connectivity index is 3.17. The van der Waals surface area contributed by atoms with Crippen molar-refractivity contribution >= 4 is 52.0 Å². The van der Waals surface area contributed by atoms with Gasteiger partial charge >= 0.3 is 5.97 Å². The smallest absolute Gasteiger partial charge is 0.350 e. The monoisotopic (exact) mass is 265 g/mol. The van der Waals surface area contributed by atoms with Crippen molar-refractivity contribution in [1.29, 1.82) is 0 Å². The first-order valence-corrected chi connectivity index (χ1v) is 5.44. The van der Waals surface area contributed by atoms with Crippen LogP contribution < -0.4 is 0 Å². The summed E-state index contributed by atoms with van der Waals surface area (Å²) in [5.41, 5.74) is -0.167. The molecule has 15 heavy (non-hydrogen) atoms. The Morgan fingerprint density at radius 2 is 2.47 bits per heavy atom. The zero-order valence-electron chi connectivity index (χ0n) is 7.54. The Bertz CT molecular complexity index is 440. The van der Waals surface area contributed by atoms with Crippen molar-refractivity contribution < 1.29 is 13.9 Å². The van der Waals surface area contributed by atoms with Crippen LogP contribution in [0.15, 0.2) is 4.99 Å². The van der Waals surface area contributed by atoms with E-state index in [2.05, 4.69) is 21.9 Å². The summed E-state index contributed by atoms with van der Waals surface area (Å²) in [5, 5.41) is 1.22. The number of hydrogen-bond donors (Lipinski definition) is 0. The molecule has 0 aliphatic rings. The van der Waals surface area contributed by atoms with Crippen molar-refractivity contribution in [2.45, 2.75) is 6.92 Å². The molecule has 1 aromatic rings. The Morgan fingerprint density at radius 3 is 3.00 bits per heavy atom. The number of carbonyl (C=O) groups excluding carboxylic acids is 1. The van der Waals surface area contributed by atoms with Crippen LogP contribution in [0.2, 0.25) is 5.02 Å². The number of thiophene rings is 1. The minimum absolute atomic E-state index is 0.0139. The molecule has 0 unspecified atom stereocenters. The highest BCUT2D eigenvalue weighted by Crippen LogP contribution is 2.38. The molecule has 0 bridgehead atoms. The van der Waals surface area contributed by atoms with E-state index in [0.717, 1.165) is 0 Å². The fraction of sp³-hybridized carbons (Fsp3) is 0.250. The van der Waals surface area contributed by atoms with E-state index in [-0.39, 0.29) is 22.2 Å². The van der Waals surface area contributed by atoms with Gasteiger partial charge in [-0.05, 0) is 19.1 Å². The van der Waals surface area contributed by atoms with Gasteiger partial charge in [-0.25, -0.2) is 4.79 Å². The highest BCUT2D eigenvalue weighted by Gasteiger charge is 2.22. The molecule has 0 N–H and O–H groups in total. The molecular formula is C8H5ClFNO2S2. The van der Waals surface area contributed by atoms with Gasteiger partial charge in [-0.2, -0.15) is 9.38 Å². The van der Waals surface area contributed by atoms with E-state index in [9.17, 15) is 9.18 Å². The fourth-order valence-corrected chi connectivity index (χ4v) is 2.06. The van der Waals surface area contributed by atoms with Crippen molar-refractivity contribution in [2.24, 2.45) is 4.99 Å². The lowest BCUT2D eigenvalue weighted by Crippen LogP contribution is -2.02. The summed E-state index contributed by atoms with van der Waals surface area (Å²) < 4.78 is 17.9. The van der Waals surface area contributed by atoms with Crippen LogP contribution in [0.25, 0.3) is 0 Å². The second-order valence-corrected chi connectivity index (χ2v) is 3.82. The van der Waals surface area contributed by atoms with Crippen LogP contribution in [0, 0.1) is 5.13 Å². The zero-order valence-corrected chi connectivity index (χ0v) is 9.93. The number of thiocarbonyl (C=S) groups is 1. The molecule has 0 saturated heterocycles. The van der Waals surface area contributed by atoms with Crippen molar-refractivity contribution in [3.8, 4) is 0 Å². The van der Waals surface area contributed by atoms with Crippen LogP contribution in [0.4, 0.5) is 10.1 Å². The summed E-state index contributed by atoms with van der Waals surface area (Å²) >= 11 is 10.6. The predicted molar refractivity (Wildman–Crippen MR) is 59.9 cm³/mol. The molecule has 3 nitrogen and oxygen atoms in total. The van der Waals surface area contributed by atoms with Crippen molar-refractivity contribution in [2.75, 3.05) is 6.61 Å². The van der Waals surface area contributed by atoms with Gasteiger partial charge in [-0.1, -0.05) is 22.9 Å². The van der Waals surface area contributed by atoms with Gasteiger partial charge in [-0.15, -0.1) is 0 Å². The zero-order chi connectivity index (χ0) is 11.4. The van der Waals surface area contributed by atoms with Crippen molar-refractivity contribution in [1.82, 2.24) is 0 Å². The average Bonchev–Trinajstić information content (AvgIpc) is 2.47. The predicted octanol–water partition coefficient (Wildman–Crippen LogP) is 3.45. The lowest BCUT2D eigenvalue weighted by atomic mass is 10.4. The van der Waals surface area contributed by atoms with Crippen molar-refractivity contribution in [3.63, 3.8) is 0 Å². The Kier molecular flexibility index (Phi) is 4.35. The number of esters is 1. The van der Waals surface area contributed by atoms with E-state index >= 15 is 0 Å². The molecule has 0 fully saturated rings. The molecule has 0 atom stereocenters. The van der Waals surface area contributed by atoms with E-state index in [1.807, 2.05) is 5.16 Å². The number of halogens is 2. The summed E-state index contributed by atoms with van der Waals surface area (Å²) in [6.45, 7) is 1.84. The maximum atomic E-state index is 13.2. The second kappa shape index (κ2) is 5.32. The molecule has 1 rings (SSSR count). The van der Waals surface area contributed by atoms with Crippen LogP contribution in [-0.4, -0.2) is 17.7 Å². The average molecular weight is 266 g/mol. The summed E-state index contributed by atoms with van der Waals surface area (Å²) in [5.74, 6) is -0.669. The van der Waals surface area contributed by atoms with Gasteiger partial charge in [0.25, 0.3) is 0 Å². The number of carbonyl (C=O) groups is 1. The van der Waals surface area contributed by atoms with Crippen molar-refractivity contribution in [3.05, 3.63) is 15.0 Å².